The molecule has 5 heteroatoms. The first-order chi connectivity index (χ1) is 5.95. The van der Waals surface area contributed by atoms with Gasteiger partial charge >= 0.3 is 5.97 Å². The first-order valence-electron chi connectivity index (χ1n) is 3.36. The maximum atomic E-state index is 10.7. The summed E-state index contributed by atoms with van der Waals surface area (Å²) in [5.41, 5.74) is 0.845. The number of carboxylic acids is 1. The zero-order chi connectivity index (χ0) is 10.2. The lowest BCUT2D eigenvalue weighted by molar-refractivity contribution is 0.0696. The lowest BCUT2D eigenvalue weighted by atomic mass is 10.1. The molecule has 0 heterocycles. The Morgan fingerprint density at radius 1 is 1.46 bits per heavy atom. The molecule has 0 amide bonds. The molecule has 0 aliphatic carbocycles. The zero-order valence-electron chi connectivity index (χ0n) is 6.64. The highest BCUT2D eigenvalue weighted by Gasteiger charge is 2.15. The minimum atomic E-state index is -0.965. The van der Waals surface area contributed by atoms with E-state index < -0.39 is 5.97 Å². The average molecular weight is 404 g/mol. The number of carbonyl (C=O) groups is 1. The lowest BCUT2D eigenvalue weighted by Crippen LogP contribution is -2.02. The Kier molecular flexibility index (Phi) is 3.38. The molecule has 0 fully saturated rings. The number of phenols is 1. The molecule has 0 aromatic heterocycles. The first kappa shape index (κ1) is 11.0. The maximum absolute atomic E-state index is 10.7. The molecule has 1 rings (SSSR count). The van der Waals surface area contributed by atoms with E-state index in [4.69, 9.17) is 5.11 Å². The predicted octanol–water partition coefficient (Wildman–Crippen LogP) is 2.61. The third-order valence-electron chi connectivity index (χ3n) is 1.67. The minimum Gasteiger partial charge on any atom is -0.506 e. The molecule has 1 aromatic rings. The van der Waals surface area contributed by atoms with E-state index in [1.165, 1.54) is 6.07 Å². The van der Waals surface area contributed by atoms with Crippen molar-refractivity contribution in [2.75, 3.05) is 0 Å². The smallest absolute Gasteiger partial charge is 0.336 e. The van der Waals surface area contributed by atoms with Gasteiger partial charge in [0, 0.05) is 0 Å². The van der Waals surface area contributed by atoms with Crippen molar-refractivity contribution in [3.05, 3.63) is 24.3 Å². The van der Waals surface area contributed by atoms with Crippen LogP contribution in [0.4, 0.5) is 0 Å². The Labute approximate surface area is 102 Å². The van der Waals surface area contributed by atoms with E-state index >= 15 is 0 Å². The number of carboxylic acid groups (broad SMARTS) is 1. The van der Waals surface area contributed by atoms with Crippen molar-refractivity contribution in [1.82, 2.24) is 0 Å². The standard InChI is InChI=1S/C8H6I2O3/c1-3-4(8(12)13)2-5(9)7(11)6(3)10/h2,11H,1H3,(H,12,13). The van der Waals surface area contributed by atoms with Crippen LogP contribution in [0.3, 0.4) is 0 Å². The first-order valence-corrected chi connectivity index (χ1v) is 5.51. The van der Waals surface area contributed by atoms with Gasteiger partial charge in [0.25, 0.3) is 0 Å². The molecule has 3 nitrogen and oxygen atoms in total. The quantitative estimate of drug-likeness (QED) is 0.709. The highest BCUT2D eigenvalue weighted by molar-refractivity contribution is 14.1. The molecule has 0 spiro atoms. The number of phenolic OH excluding ortho intramolecular Hbond substituents is 1. The normalized spacial score (nSPS) is 10.1. The monoisotopic (exact) mass is 404 g/mol. The minimum absolute atomic E-state index is 0.156. The molecule has 0 aliphatic rings. The summed E-state index contributed by atoms with van der Waals surface area (Å²) in [4.78, 5) is 10.7. The summed E-state index contributed by atoms with van der Waals surface area (Å²) in [5, 5.41) is 18.3. The van der Waals surface area contributed by atoms with Crippen molar-refractivity contribution < 1.29 is 15.0 Å². The molecule has 0 aliphatic heterocycles. The Morgan fingerprint density at radius 2 is 2.00 bits per heavy atom. The summed E-state index contributed by atoms with van der Waals surface area (Å²) in [5.74, 6) is -0.808. The van der Waals surface area contributed by atoms with Gasteiger partial charge in [0.1, 0.15) is 5.75 Å². The van der Waals surface area contributed by atoms with Crippen LogP contribution in [0.5, 0.6) is 5.75 Å². The van der Waals surface area contributed by atoms with Crippen LogP contribution >= 0.6 is 45.2 Å². The molecule has 0 atom stereocenters. The summed E-state index contributed by atoms with van der Waals surface area (Å²) >= 11 is 3.84. The number of benzene rings is 1. The molecule has 70 valence electrons. The van der Waals surface area contributed by atoms with Gasteiger partial charge in [-0.3, -0.25) is 0 Å². The van der Waals surface area contributed by atoms with Gasteiger partial charge in [0.15, 0.2) is 0 Å². The Bertz CT molecular complexity index is 374. The average Bonchev–Trinajstić information content (AvgIpc) is 2.07. The van der Waals surface area contributed by atoms with Gasteiger partial charge in [0.2, 0.25) is 0 Å². The van der Waals surface area contributed by atoms with Crippen molar-refractivity contribution in [3.63, 3.8) is 0 Å². The molecule has 0 bridgehead atoms. The molecule has 0 unspecified atom stereocenters. The second-order valence-electron chi connectivity index (χ2n) is 2.50. The summed E-state index contributed by atoms with van der Waals surface area (Å²) < 4.78 is 1.16. The van der Waals surface area contributed by atoms with E-state index in [1.54, 1.807) is 6.92 Å². The summed E-state index contributed by atoms with van der Waals surface area (Å²) in [7, 11) is 0. The second-order valence-corrected chi connectivity index (χ2v) is 4.74. The SMILES string of the molecule is Cc1c(C(=O)O)cc(I)c(O)c1I. The number of aromatic hydroxyl groups is 1. The van der Waals surface area contributed by atoms with Crippen LogP contribution in [0, 0.1) is 14.1 Å². The summed E-state index contributed by atoms with van der Waals surface area (Å²) in [6.07, 6.45) is 0. The highest BCUT2D eigenvalue weighted by Crippen LogP contribution is 2.30. The maximum Gasteiger partial charge on any atom is 0.336 e. The van der Waals surface area contributed by atoms with Gasteiger partial charge in [-0.2, -0.15) is 0 Å². The van der Waals surface area contributed by atoms with Gasteiger partial charge in [-0.05, 0) is 63.7 Å². The van der Waals surface area contributed by atoms with Crippen molar-refractivity contribution >= 4 is 51.2 Å². The number of halogens is 2. The van der Waals surface area contributed by atoms with E-state index in [1.807, 2.05) is 45.2 Å². The van der Waals surface area contributed by atoms with Crippen molar-refractivity contribution in [2.24, 2.45) is 0 Å². The second kappa shape index (κ2) is 3.99. The van der Waals surface area contributed by atoms with E-state index in [-0.39, 0.29) is 11.3 Å². The van der Waals surface area contributed by atoms with Crippen LogP contribution in [0.15, 0.2) is 6.07 Å². The van der Waals surface area contributed by atoms with Crippen molar-refractivity contribution in [2.45, 2.75) is 6.92 Å². The lowest BCUT2D eigenvalue weighted by Gasteiger charge is -2.07. The van der Waals surface area contributed by atoms with Crippen LogP contribution in [0.1, 0.15) is 15.9 Å². The van der Waals surface area contributed by atoms with Crippen LogP contribution in [0.2, 0.25) is 0 Å². The molecule has 13 heavy (non-hydrogen) atoms. The van der Waals surface area contributed by atoms with E-state index in [9.17, 15) is 9.90 Å². The van der Waals surface area contributed by atoms with Crippen molar-refractivity contribution in [1.29, 1.82) is 0 Å². The molecule has 0 saturated heterocycles. The van der Waals surface area contributed by atoms with Crippen LogP contribution in [-0.2, 0) is 0 Å². The van der Waals surface area contributed by atoms with Crippen molar-refractivity contribution in [3.8, 4) is 5.75 Å². The predicted molar refractivity (Wildman–Crippen MR) is 65.2 cm³/mol. The third-order valence-corrected chi connectivity index (χ3v) is 3.81. The Hall–Kier alpha value is -0.0500. The number of hydrogen-bond donors (Lipinski definition) is 2. The zero-order valence-corrected chi connectivity index (χ0v) is 11.0. The third kappa shape index (κ3) is 2.06. The molecule has 0 radical (unpaired) electrons. The van der Waals surface area contributed by atoms with Crippen LogP contribution in [-0.4, -0.2) is 16.2 Å². The van der Waals surface area contributed by atoms with Gasteiger partial charge in [-0.15, -0.1) is 0 Å². The molecule has 2 N–H and O–H groups in total. The largest absolute Gasteiger partial charge is 0.506 e. The topological polar surface area (TPSA) is 57.5 Å². The van der Waals surface area contributed by atoms with E-state index in [0.717, 1.165) is 0 Å². The number of aromatic carboxylic acids is 1. The van der Waals surface area contributed by atoms with E-state index in [2.05, 4.69) is 0 Å². The number of rotatable bonds is 1. The van der Waals surface area contributed by atoms with Gasteiger partial charge in [0.05, 0.1) is 12.7 Å². The Morgan fingerprint density at radius 3 is 2.46 bits per heavy atom. The van der Waals surface area contributed by atoms with Crippen LogP contribution < -0.4 is 0 Å². The fourth-order valence-corrected chi connectivity index (χ4v) is 2.60. The van der Waals surface area contributed by atoms with Gasteiger partial charge in [-0.1, -0.05) is 0 Å². The molecule has 1 aromatic carbocycles. The highest BCUT2D eigenvalue weighted by atomic mass is 127. The Balaban J connectivity index is 3.50. The molecular formula is C8H6I2O3. The number of hydrogen-bond acceptors (Lipinski definition) is 2. The molecule has 0 saturated carbocycles. The van der Waals surface area contributed by atoms with E-state index in [0.29, 0.717) is 12.7 Å². The molecular weight excluding hydrogens is 398 g/mol. The fourth-order valence-electron chi connectivity index (χ4n) is 0.926. The fraction of sp³-hybridized carbons (Fsp3) is 0.125. The summed E-state index contributed by atoms with van der Waals surface area (Å²) in [6.45, 7) is 1.68. The van der Waals surface area contributed by atoms with Gasteiger partial charge in [-0.25, -0.2) is 4.79 Å². The van der Waals surface area contributed by atoms with Crippen LogP contribution in [0.25, 0.3) is 0 Å². The summed E-state index contributed by atoms with van der Waals surface area (Å²) in [6, 6.07) is 1.47. The van der Waals surface area contributed by atoms with Gasteiger partial charge < -0.3 is 10.2 Å².